The number of anilines is 1. The first-order chi connectivity index (χ1) is 10.1. The number of amides is 1. The van der Waals surface area contributed by atoms with Crippen molar-refractivity contribution in [3.8, 4) is 0 Å². The molecule has 2 N–H and O–H groups in total. The van der Waals surface area contributed by atoms with Gasteiger partial charge in [0, 0.05) is 11.8 Å². The predicted molar refractivity (Wildman–Crippen MR) is 78.9 cm³/mol. The minimum atomic E-state index is -0.875. The van der Waals surface area contributed by atoms with E-state index in [1.54, 1.807) is 6.20 Å². The highest BCUT2D eigenvalue weighted by Gasteiger charge is 2.45. The molecule has 0 spiro atoms. The molecule has 0 unspecified atom stereocenters. The number of fused-ring (bicyclic) bond motifs is 1. The van der Waals surface area contributed by atoms with E-state index in [-0.39, 0.29) is 12.3 Å². The number of nitrogens with zero attached hydrogens (tertiary/aromatic N) is 1. The topological polar surface area (TPSA) is 79.3 Å². The van der Waals surface area contributed by atoms with Gasteiger partial charge >= 0.3 is 5.97 Å². The number of para-hydroxylation sites is 1. The molecule has 1 aliphatic rings. The van der Waals surface area contributed by atoms with Gasteiger partial charge in [-0.1, -0.05) is 24.6 Å². The quantitative estimate of drug-likeness (QED) is 0.904. The third kappa shape index (κ3) is 2.59. The van der Waals surface area contributed by atoms with Crippen molar-refractivity contribution < 1.29 is 14.7 Å². The second kappa shape index (κ2) is 5.16. The summed E-state index contributed by atoms with van der Waals surface area (Å²) >= 11 is 0. The number of aromatic nitrogens is 1. The fourth-order valence-electron chi connectivity index (χ4n) is 2.72. The Morgan fingerprint density at radius 3 is 2.71 bits per heavy atom. The van der Waals surface area contributed by atoms with Crippen molar-refractivity contribution in [2.75, 3.05) is 5.32 Å². The molecule has 0 atom stereocenters. The number of benzene rings is 1. The number of carboxylic acids is 1. The number of pyridine rings is 1. The molecule has 0 bridgehead atoms. The molecular formula is C16H16N2O3. The van der Waals surface area contributed by atoms with Crippen LogP contribution in [0.1, 0.15) is 25.7 Å². The lowest BCUT2D eigenvalue weighted by Crippen LogP contribution is -2.41. The molecule has 1 aliphatic carbocycles. The Labute approximate surface area is 122 Å². The Hall–Kier alpha value is -2.43. The van der Waals surface area contributed by atoms with Crippen LogP contribution in [0, 0.1) is 5.41 Å². The molecule has 1 heterocycles. The molecule has 3 rings (SSSR count). The van der Waals surface area contributed by atoms with E-state index in [9.17, 15) is 14.7 Å². The van der Waals surface area contributed by atoms with Crippen molar-refractivity contribution >= 4 is 28.5 Å². The van der Waals surface area contributed by atoms with Crippen molar-refractivity contribution in [2.24, 2.45) is 5.41 Å². The molecule has 1 aromatic heterocycles. The van der Waals surface area contributed by atoms with Crippen molar-refractivity contribution in [3.63, 3.8) is 0 Å². The van der Waals surface area contributed by atoms with E-state index >= 15 is 0 Å². The summed E-state index contributed by atoms with van der Waals surface area (Å²) in [6.07, 6.45) is 3.64. The number of carbonyl (C=O) groups excluding carboxylic acids is 1. The normalized spacial score (nSPS) is 16.2. The molecule has 5 nitrogen and oxygen atoms in total. The van der Waals surface area contributed by atoms with Gasteiger partial charge in [0.2, 0.25) is 5.91 Å². The van der Waals surface area contributed by atoms with E-state index in [1.165, 1.54) is 0 Å². The summed E-state index contributed by atoms with van der Waals surface area (Å²) in [5.41, 5.74) is 0.587. The number of carbonyl (C=O) groups is 2. The van der Waals surface area contributed by atoms with Gasteiger partial charge in [-0.3, -0.25) is 14.6 Å². The number of aliphatic carboxylic acids is 1. The van der Waals surface area contributed by atoms with Gasteiger partial charge in [0.25, 0.3) is 0 Å². The van der Waals surface area contributed by atoms with Crippen molar-refractivity contribution in [1.82, 2.24) is 4.98 Å². The van der Waals surface area contributed by atoms with Crippen molar-refractivity contribution in [1.29, 1.82) is 0 Å². The number of carboxylic acid groups (broad SMARTS) is 1. The number of rotatable bonds is 4. The maximum absolute atomic E-state index is 12.1. The summed E-state index contributed by atoms with van der Waals surface area (Å²) in [4.78, 5) is 27.6. The van der Waals surface area contributed by atoms with E-state index in [0.29, 0.717) is 18.5 Å². The summed E-state index contributed by atoms with van der Waals surface area (Å²) in [6, 6.07) is 9.47. The average Bonchev–Trinajstić information content (AvgIpc) is 2.42. The first-order valence-corrected chi connectivity index (χ1v) is 6.97. The minimum absolute atomic E-state index is 0.0230. The first-order valence-electron chi connectivity index (χ1n) is 6.97. The summed E-state index contributed by atoms with van der Waals surface area (Å²) in [5.74, 6) is -1.14. The lowest BCUT2D eigenvalue weighted by atomic mass is 9.66. The van der Waals surface area contributed by atoms with Gasteiger partial charge in [-0.25, -0.2) is 0 Å². The molecule has 1 saturated carbocycles. The summed E-state index contributed by atoms with van der Waals surface area (Å²) in [6.45, 7) is 0. The van der Waals surface area contributed by atoms with Gasteiger partial charge in [0.15, 0.2) is 0 Å². The second-order valence-corrected chi connectivity index (χ2v) is 5.58. The van der Waals surface area contributed by atoms with Crippen LogP contribution in [0.2, 0.25) is 0 Å². The zero-order valence-corrected chi connectivity index (χ0v) is 11.5. The van der Waals surface area contributed by atoms with Crippen molar-refractivity contribution in [2.45, 2.75) is 25.7 Å². The lowest BCUT2D eigenvalue weighted by Gasteiger charge is -2.36. The van der Waals surface area contributed by atoms with E-state index in [1.807, 2.05) is 30.3 Å². The fourth-order valence-corrected chi connectivity index (χ4v) is 2.72. The Balaban J connectivity index is 1.72. The summed E-state index contributed by atoms with van der Waals surface area (Å²) in [5, 5.41) is 12.9. The zero-order valence-electron chi connectivity index (χ0n) is 11.5. The predicted octanol–water partition coefficient (Wildman–Crippen LogP) is 2.82. The van der Waals surface area contributed by atoms with E-state index in [4.69, 9.17) is 0 Å². The highest BCUT2D eigenvalue weighted by molar-refractivity contribution is 5.96. The van der Waals surface area contributed by atoms with Crippen LogP contribution in [0.3, 0.4) is 0 Å². The SMILES string of the molecule is O=C(CC1(C(=O)O)CCC1)Nc1cnc2ccccc2c1. The summed E-state index contributed by atoms with van der Waals surface area (Å²) < 4.78 is 0. The molecule has 0 saturated heterocycles. The van der Waals surface area contributed by atoms with Gasteiger partial charge in [0.1, 0.15) is 0 Å². The molecule has 0 aliphatic heterocycles. The van der Waals surface area contributed by atoms with Crippen LogP contribution in [-0.2, 0) is 9.59 Å². The third-order valence-electron chi connectivity index (χ3n) is 4.14. The molecule has 21 heavy (non-hydrogen) atoms. The number of hydrogen-bond acceptors (Lipinski definition) is 3. The van der Waals surface area contributed by atoms with Crippen LogP contribution in [-0.4, -0.2) is 22.0 Å². The summed E-state index contributed by atoms with van der Waals surface area (Å²) in [7, 11) is 0. The largest absolute Gasteiger partial charge is 0.481 e. The Morgan fingerprint density at radius 2 is 2.05 bits per heavy atom. The lowest BCUT2D eigenvalue weighted by molar-refractivity contribution is -0.157. The van der Waals surface area contributed by atoms with E-state index in [2.05, 4.69) is 10.3 Å². The van der Waals surface area contributed by atoms with Gasteiger partial charge < -0.3 is 10.4 Å². The third-order valence-corrected chi connectivity index (χ3v) is 4.14. The molecule has 108 valence electrons. The maximum Gasteiger partial charge on any atom is 0.310 e. The first kappa shape index (κ1) is 13.5. The van der Waals surface area contributed by atoms with Gasteiger partial charge in [-0.15, -0.1) is 0 Å². The van der Waals surface area contributed by atoms with Crippen LogP contribution in [0.25, 0.3) is 10.9 Å². The molecule has 1 fully saturated rings. The highest BCUT2D eigenvalue weighted by atomic mass is 16.4. The standard InChI is InChI=1S/C16H16N2O3/c19-14(9-16(15(20)21)6-3-7-16)18-12-8-11-4-1-2-5-13(11)17-10-12/h1-2,4-5,8,10H,3,6-7,9H2,(H,18,19)(H,20,21). The van der Waals surface area contributed by atoms with Gasteiger partial charge in [-0.05, 0) is 25.0 Å². The molecular weight excluding hydrogens is 268 g/mol. The van der Waals surface area contributed by atoms with Crippen LogP contribution in [0.4, 0.5) is 5.69 Å². The molecule has 1 amide bonds. The number of hydrogen-bond donors (Lipinski definition) is 2. The second-order valence-electron chi connectivity index (χ2n) is 5.58. The Bertz CT molecular complexity index is 707. The average molecular weight is 284 g/mol. The van der Waals surface area contributed by atoms with Gasteiger partial charge in [0.05, 0.1) is 22.8 Å². The molecule has 0 radical (unpaired) electrons. The molecule has 2 aromatic rings. The van der Waals surface area contributed by atoms with E-state index < -0.39 is 11.4 Å². The van der Waals surface area contributed by atoms with Crippen LogP contribution in [0.15, 0.2) is 36.5 Å². The smallest absolute Gasteiger partial charge is 0.310 e. The number of nitrogens with one attached hydrogen (secondary N) is 1. The maximum atomic E-state index is 12.1. The van der Waals surface area contributed by atoms with Crippen LogP contribution >= 0.6 is 0 Å². The Morgan fingerprint density at radius 1 is 1.29 bits per heavy atom. The highest BCUT2D eigenvalue weighted by Crippen LogP contribution is 2.44. The molecule has 5 heteroatoms. The van der Waals surface area contributed by atoms with Crippen LogP contribution < -0.4 is 5.32 Å². The van der Waals surface area contributed by atoms with Gasteiger partial charge in [-0.2, -0.15) is 0 Å². The van der Waals surface area contributed by atoms with E-state index in [0.717, 1.165) is 17.3 Å². The fraction of sp³-hybridized carbons (Fsp3) is 0.312. The zero-order chi connectivity index (χ0) is 14.9. The Kier molecular flexibility index (Phi) is 3.33. The molecule has 1 aromatic carbocycles. The minimum Gasteiger partial charge on any atom is -0.481 e. The monoisotopic (exact) mass is 284 g/mol. The van der Waals surface area contributed by atoms with Crippen LogP contribution in [0.5, 0.6) is 0 Å². The van der Waals surface area contributed by atoms with Crippen molar-refractivity contribution in [3.05, 3.63) is 36.5 Å².